The van der Waals surface area contributed by atoms with Gasteiger partial charge in [0.15, 0.2) is 0 Å². The second kappa shape index (κ2) is 11.2. The molecule has 0 spiro atoms. The minimum Gasteiger partial charge on any atom is -0.317 e. The minimum atomic E-state index is -3.31. The lowest BCUT2D eigenvalue weighted by molar-refractivity contribution is 0.440. The van der Waals surface area contributed by atoms with Crippen molar-refractivity contribution in [3.63, 3.8) is 0 Å². The number of nitrogens with two attached hydrogens (primary N) is 1. The van der Waals surface area contributed by atoms with Gasteiger partial charge in [0.25, 0.3) is 0 Å². The van der Waals surface area contributed by atoms with E-state index >= 15 is 0 Å². The van der Waals surface area contributed by atoms with Gasteiger partial charge in [0.05, 0.1) is 28.9 Å². The molecule has 1 atom stereocenters. The van der Waals surface area contributed by atoms with Crippen LogP contribution in [0.3, 0.4) is 0 Å². The molecule has 3 aromatic heterocycles. The number of fused-ring (bicyclic) bond motifs is 1. The Morgan fingerprint density at radius 2 is 1.92 bits per heavy atom. The standard InChI is InChI=1S/C27H29ClFN5O2S2/c1-2-22-26(25(30)27-32-23(17-37-27)19-4-7-21(29)8-5-19)34-16-20(6-9-24(34)31-22)18-10-13-33(14-11-18)38(35,36)15-3-12-28/h4-10,16-17,25H,2-3,11-15,30H2,1H3. The van der Waals surface area contributed by atoms with Gasteiger partial charge in [-0.3, -0.25) is 0 Å². The van der Waals surface area contributed by atoms with Crippen LogP contribution in [0, 0.1) is 5.82 Å². The Morgan fingerprint density at radius 3 is 2.61 bits per heavy atom. The van der Waals surface area contributed by atoms with Crippen molar-refractivity contribution in [3.05, 3.63) is 81.8 Å². The Labute approximate surface area is 230 Å². The van der Waals surface area contributed by atoms with Crippen molar-refractivity contribution in [2.24, 2.45) is 5.73 Å². The number of imidazole rings is 1. The zero-order valence-corrected chi connectivity index (χ0v) is 23.4. The summed E-state index contributed by atoms with van der Waals surface area (Å²) >= 11 is 7.16. The van der Waals surface area contributed by atoms with Crippen LogP contribution in [0.4, 0.5) is 4.39 Å². The Hall–Kier alpha value is -2.63. The van der Waals surface area contributed by atoms with Crippen molar-refractivity contribution in [1.29, 1.82) is 0 Å². The van der Waals surface area contributed by atoms with Crippen LogP contribution in [-0.4, -0.2) is 51.8 Å². The Morgan fingerprint density at radius 1 is 1.16 bits per heavy atom. The number of pyridine rings is 1. The molecule has 0 fully saturated rings. The predicted octanol–water partition coefficient (Wildman–Crippen LogP) is 5.26. The molecule has 11 heteroatoms. The molecule has 0 radical (unpaired) electrons. The van der Waals surface area contributed by atoms with E-state index in [0.717, 1.165) is 44.4 Å². The molecule has 1 aromatic carbocycles. The minimum absolute atomic E-state index is 0.0708. The zero-order valence-electron chi connectivity index (χ0n) is 21.0. The van der Waals surface area contributed by atoms with Crippen molar-refractivity contribution in [2.45, 2.75) is 32.2 Å². The number of benzene rings is 1. The van der Waals surface area contributed by atoms with Crippen LogP contribution in [-0.2, 0) is 16.4 Å². The molecule has 0 amide bonds. The first-order valence-electron chi connectivity index (χ1n) is 12.5. The number of aromatic nitrogens is 3. The highest BCUT2D eigenvalue weighted by Crippen LogP contribution is 2.32. The Kier molecular flexibility index (Phi) is 7.97. The molecule has 4 aromatic rings. The summed E-state index contributed by atoms with van der Waals surface area (Å²) in [5, 5.41) is 2.68. The molecule has 0 bridgehead atoms. The van der Waals surface area contributed by atoms with Gasteiger partial charge in [0, 0.05) is 36.1 Å². The maximum absolute atomic E-state index is 13.4. The first-order chi connectivity index (χ1) is 18.3. The average Bonchev–Trinajstić information content (AvgIpc) is 3.57. The number of hydrogen-bond donors (Lipinski definition) is 1. The van der Waals surface area contributed by atoms with Gasteiger partial charge in [-0.05, 0) is 66.8 Å². The summed E-state index contributed by atoms with van der Waals surface area (Å²) in [6.45, 7) is 2.84. The summed E-state index contributed by atoms with van der Waals surface area (Å²) in [6, 6.07) is 9.77. The third-order valence-corrected chi connectivity index (χ3v) is 9.88. The number of halogens is 2. The van der Waals surface area contributed by atoms with E-state index in [-0.39, 0.29) is 11.6 Å². The second-order valence-electron chi connectivity index (χ2n) is 9.19. The van der Waals surface area contributed by atoms with E-state index in [2.05, 4.69) is 0 Å². The van der Waals surface area contributed by atoms with E-state index in [4.69, 9.17) is 27.3 Å². The van der Waals surface area contributed by atoms with E-state index < -0.39 is 16.1 Å². The van der Waals surface area contributed by atoms with Gasteiger partial charge in [-0.1, -0.05) is 13.0 Å². The number of nitrogens with zero attached hydrogens (tertiary/aromatic N) is 4. The van der Waals surface area contributed by atoms with Gasteiger partial charge < -0.3 is 10.1 Å². The fraction of sp³-hybridized carbons (Fsp3) is 0.333. The molecule has 1 aliphatic heterocycles. The van der Waals surface area contributed by atoms with Crippen LogP contribution in [0.5, 0.6) is 0 Å². The normalized spacial score (nSPS) is 15.6. The largest absolute Gasteiger partial charge is 0.317 e. The van der Waals surface area contributed by atoms with E-state index in [1.54, 1.807) is 12.1 Å². The lowest BCUT2D eigenvalue weighted by Gasteiger charge is -2.26. The maximum Gasteiger partial charge on any atom is 0.214 e. The van der Waals surface area contributed by atoms with Crippen molar-refractivity contribution >= 4 is 44.2 Å². The third-order valence-electron chi connectivity index (χ3n) is 6.76. The van der Waals surface area contributed by atoms with Gasteiger partial charge in [0.1, 0.15) is 16.5 Å². The van der Waals surface area contributed by atoms with E-state index in [1.165, 1.54) is 27.8 Å². The molecule has 0 saturated heterocycles. The topological polar surface area (TPSA) is 93.6 Å². The molecular formula is C27H29ClFN5O2S2. The molecule has 1 unspecified atom stereocenters. The second-order valence-corrected chi connectivity index (χ2v) is 12.6. The lowest BCUT2D eigenvalue weighted by Crippen LogP contribution is -2.36. The molecule has 0 saturated carbocycles. The lowest BCUT2D eigenvalue weighted by atomic mass is 10.0. The Balaban J connectivity index is 1.44. The highest BCUT2D eigenvalue weighted by atomic mass is 35.5. The molecule has 1 aliphatic rings. The van der Waals surface area contributed by atoms with E-state index in [0.29, 0.717) is 38.2 Å². The summed E-state index contributed by atoms with van der Waals surface area (Å²) in [5.74, 6) is 0.114. The van der Waals surface area contributed by atoms with Crippen LogP contribution in [0.25, 0.3) is 22.5 Å². The predicted molar refractivity (Wildman–Crippen MR) is 151 cm³/mol. The number of alkyl halides is 1. The maximum atomic E-state index is 13.4. The van der Waals surface area contributed by atoms with Gasteiger partial charge >= 0.3 is 0 Å². The number of rotatable bonds is 9. The quantitative estimate of drug-likeness (QED) is 0.276. The van der Waals surface area contributed by atoms with Crippen molar-refractivity contribution < 1.29 is 12.8 Å². The number of thiazole rings is 1. The molecule has 7 nitrogen and oxygen atoms in total. The fourth-order valence-electron chi connectivity index (χ4n) is 4.72. The molecular weight excluding hydrogens is 545 g/mol. The third kappa shape index (κ3) is 5.41. The monoisotopic (exact) mass is 573 g/mol. The van der Waals surface area contributed by atoms with Crippen molar-refractivity contribution in [1.82, 2.24) is 18.7 Å². The van der Waals surface area contributed by atoms with Crippen LogP contribution in [0.2, 0.25) is 0 Å². The summed E-state index contributed by atoms with van der Waals surface area (Å²) in [7, 11) is -3.31. The van der Waals surface area contributed by atoms with Gasteiger partial charge in [-0.2, -0.15) is 4.31 Å². The van der Waals surface area contributed by atoms with E-state index in [9.17, 15) is 12.8 Å². The van der Waals surface area contributed by atoms with Crippen LogP contribution in [0.15, 0.2) is 54.1 Å². The number of hydrogen-bond acceptors (Lipinski definition) is 6. The highest BCUT2D eigenvalue weighted by molar-refractivity contribution is 7.89. The fourth-order valence-corrected chi connectivity index (χ4v) is 7.28. The summed E-state index contributed by atoms with van der Waals surface area (Å²) < 4.78 is 42.0. The van der Waals surface area contributed by atoms with Gasteiger partial charge in [0.2, 0.25) is 10.0 Å². The summed E-state index contributed by atoms with van der Waals surface area (Å²) in [5.41, 5.74) is 13.1. The molecule has 4 heterocycles. The average molecular weight is 574 g/mol. The van der Waals surface area contributed by atoms with Crippen molar-refractivity contribution in [3.8, 4) is 11.3 Å². The number of sulfonamides is 1. The smallest absolute Gasteiger partial charge is 0.214 e. The first-order valence-corrected chi connectivity index (χ1v) is 15.5. The van der Waals surface area contributed by atoms with Gasteiger partial charge in [-0.25, -0.2) is 22.8 Å². The molecule has 2 N–H and O–H groups in total. The molecule has 38 heavy (non-hydrogen) atoms. The summed E-state index contributed by atoms with van der Waals surface area (Å²) in [6.07, 6.45) is 5.80. The SMILES string of the molecule is CCc1nc2ccc(C3=CCN(S(=O)(=O)CCCCl)CC3)cn2c1C(N)c1nc(-c2ccc(F)cc2)cs1. The Bertz CT molecular complexity index is 1580. The highest BCUT2D eigenvalue weighted by Gasteiger charge is 2.26. The molecule has 200 valence electrons. The number of aryl methyl sites for hydroxylation is 1. The first kappa shape index (κ1) is 27.0. The molecule has 5 rings (SSSR count). The summed E-state index contributed by atoms with van der Waals surface area (Å²) in [4.78, 5) is 9.57. The van der Waals surface area contributed by atoms with E-state index in [1.807, 2.05) is 41.1 Å². The van der Waals surface area contributed by atoms with Crippen molar-refractivity contribution in [2.75, 3.05) is 24.7 Å². The zero-order chi connectivity index (χ0) is 26.9. The van der Waals surface area contributed by atoms with Gasteiger partial charge in [-0.15, -0.1) is 22.9 Å². The molecule has 0 aliphatic carbocycles. The van der Waals surface area contributed by atoms with Crippen LogP contribution < -0.4 is 5.73 Å². The van der Waals surface area contributed by atoms with Crippen LogP contribution in [0.1, 0.15) is 47.8 Å². The van der Waals surface area contributed by atoms with Crippen LogP contribution >= 0.6 is 22.9 Å².